The molecule has 2 rings (SSSR count). The Morgan fingerprint density at radius 3 is 2.78 bits per heavy atom. The summed E-state index contributed by atoms with van der Waals surface area (Å²) >= 11 is 0. The van der Waals surface area contributed by atoms with Gasteiger partial charge in [0.1, 0.15) is 0 Å². The monoisotopic (exact) mass is 252 g/mol. The Morgan fingerprint density at radius 1 is 1.56 bits per heavy atom. The molecule has 0 spiro atoms. The van der Waals surface area contributed by atoms with E-state index in [1.54, 1.807) is 0 Å². The first-order chi connectivity index (χ1) is 8.70. The molecule has 3 N–H and O–H groups in total. The standard InChI is InChI=1S/C13H24N4O/c1-3-18-13(7-4-5-8-13)12(15-14)10-11-6-9-17(2)16-11/h6,9,12,15H,3-5,7-8,10,14H2,1-2H3. The molecule has 0 radical (unpaired) electrons. The Balaban J connectivity index is 2.10. The second-order valence-corrected chi connectivity index (χ2v) is 5.11. The van der Waals surface area contributed by atoms with Gasteiger partial charge in [0.05, 0.1) is 17.3 Å². The number of nitrogens with one attached hydrogen (secondary N) is 1. The third kappa shape index (κ3) is 2.74. The summed E-state index contributed by atoms with van der Waals surface area (Å²) in [4.78, 5) is 0. The Bertz CT molecular complexity index is 371. The summed E-state index contributed by atoms with van der Waals surface area (Å²) in [6.07, 6.45) is 7.40. The van der Waals surface area contributed by atoms with E-state index in [9.17, 15) is 0 Å². The van der Waals surface area contributed by atoms with Crippen molar-refractivity contribution in [1.29, 1.82) is 0 Å². The van der Waals surface area contributed by atoms with Crippen LogP contribution in [0.5, 0.6) is 0 Å². The lowest BCUT2D eigenvalue weighted by atomic mass is 9.89. The molecular formula is C13H24N4O. The van der Waals surface area contributed by atoms with Crippen LogP contribution >= 0.6 is 0 Å². The third-order valence-corrected chi connectivity index (χ3v) is 3.90. The number of hydrazine groups is 1. The highest BCUT2D eigenvalue weighted by Crippen LogP contribution is 2.37. The van der Waals surface area contributed by atoms with E-state index in [1.807, 2.05) is 24.0 Å². The van der Waals surface area contributed by atoms with Gasteiger partial charge in [0.25, 0.3) is 0 Å². The molecule has 0 saturated heterocycles. The summed E-state index contributed by atoms with van der Waals surface area (Å²) < 4.78 is 7.87. The second kappa shape index (κ2) is 5.82. The van der Waals surface area contributed by atoms with Crippen LogP contribution in [0.1, 0.15) is 38.3 Å². The summed E-state index contributed by atoms with van der Waals surface area (Å²) in [5.41, 5.74) is 3.90. The molecule has 1 aromatic rings. The van der Waals surface area contributed by atoms with Gasteiger partial charge in [-0.2, -0.15) is 5.10 Å². The van der Waals surface area contributed by atoms with E-state index in [1.165, 1.54) is 12.8 Å². The molecule has 18 heavy (non-hydrogen) atoms. The SMILES string of the molecule is CCOC1(C(Cc2ccn(C)n2)NN)CCCC1. The van der Waals surface area contributed by atoms with Crippen LogP contribution in [0.3, 0.4) is 0 Å². The van der Waals surface area contributed by atoms with Crippen molar-refractivity contribution in [2.24, 2.45) is 12.9 Å². The highest BCUT2D eigenvalue weighted by Gasteiger charge is 2.41. The molecule has 1 unspecified atom stereocenters. The van der Waals surface area contributed by atoms with Crippen molar-refractivity contribution < 1.29 is 4.74 Å². The first-order valence-electron chi connectivity index (χ1n) is 6.79. The van der Waals surface area contributed by atoms with Crippen LogP contribution in [0.2, 0.25) is 0 Å². The highest BCUT2D eigenvalue weighted by atomic mass is 16.5. The van der Waals surface area contributed by atoms with Crippen LogP contribution in [-0.2, 0) is 18.2 Å². The fourth-order valence-electron chi connectivity index (χ4n) is 3.03. The lowest BCUT2D eigenvalue weighted by molar-refractivity contribution is -0.0615. The van der Waals surface area contributed by atoms with Crippen LogP contribution < -0.4 is 11.3 Å². The van der Waals surface area contributed by atoms with Crippen LogP contribution in [0, 0.1) is 0 Å². The highest BCUT2D eigenvalue weighted by molar-refractivity contribution is 5.07. The van der Waals surface area contributed by atoms with Gasteiger partial charge in [-0.1, -0.05) is 12.8 Å². The topological polar surface area (TPSA) is 65.1 Å². The van der Waals surface area contributed by atoms with Gasteiger partial charge in [-0.3, -0.25) is 16.0 Å². The maximum Gasteiger partial charge on any atom is 0.0851 e. The van der Waals surface area contributed by atoms with Crippen molar-refractivity contribution in [3.8, 4) is 0 Å². The van der Waals surface area contributed by atoms with Gasteiger partial charge in [0, 0.05) is 26.3 Å². The average Bonchev–Trinajstić information content (AvgIpc) is 2.97. The fourth-order valence-corrected chi connectivity index (χ4v) is 3.03. The van der Waals surface area contributed by atoms with Crippen LogP contribution in [0.25, 0.3) is 0 Å². The van der Waals surface area contributed by atoms with Crippen LogP contribution in [0.15, 0.2) is 12.3 Å². The maximum absolute atomic E-state index is 6.05. The van der Waals surface area contributed by atoms with E-state index in [-0.39, 0.29) is 11.6 Å². The molecule has 0 amide bonds. The molecule has 1 atom stereocenters. The lowest BCUT2D eigenvalue weighted by Gasteiger charge is -2.36. The molecule has 0 aromatic carbocycles. The van der Waals surface area contributed by atoms with Crippen molar-refractivity contribution in [2.45, 2.75) is 50.7 Å². The summed E-state index contributed by atoms with van der Waals surface area (Å²) in [6, 6.07) is 2.17. The van der Waals surface area contributed by atoms with Gasteiger partial charge in [-0.15, -0.1) is 0 Å². The van der Waals surface area contributed by atoms with E-state index in [0.717, 1.165) is 31.6 Å². The summed E-state index contributed by atoms with van der Waals surface area (Å²) in [7, 11) is 1.93. The zero-order chi connectivity index (χ0) is 13.0. The van der Waals surface area contributed by atoms with Crippen molar-refractivity contribution in [1.82, 2.24) is 15.2 Å². The predicted molar refractivity (Wildman–Crippen MR) is 70.8 cm³/mol. The van der Waals surface area contributed by atoms with Crippen molar-refractivity contribution in [3.05, 3.63) is 18.0 Å². The molecule has 1 aromatic heterocycles. The normalized spacial score (nSPS) is 20.2. The number of aryl methyl sites for hydroxylation is 1. The Labute approximate surface area is 109 Å². The zero-order valence-corrected chi connectivity index (χ0v) is 11.4. The molecule has 0 aliphatic heterocycles. The number of aromatic nitrogens is 2. The van der Waals surface area contributed by atoms with Crippen molar-refractivity contribution in [3.63, 3.8) is 0 Å². The summed E-state index contributed by atoms with van der Waals surface area (Å²) in [6.45, 7) is 2.79. The molecule has 1 fully saturated rings. The minimum absolute atomic E-state index is 0.110. The van der Waals surface area contributed by atoms with Gasteiger partial charge in [0.2, 0.25) is 0 Å². The quantitative estimate of drug-likeness (QED) is 0.589. The molecule has 5 heteroatoms. The molecular weight excluding hydrogens is 228 g/mol. The third-order valence-electron chi connectivity index (χ3n) is 3.90. The number of hydrogen-bond acceptors (Lipinski definition) is 4. The molecule has 1 aliphatic rings. The smallest absolute Gasteiger partial charge is 0.0851 e. The predicted octanol–water partition coefficient (Wildman–Crippen LogP) is 1.14. The van der Waals surface area contributed by atoms with E-state index < -0.39 is 0 Å². The van der Waals surface area contributed by atoms with Gasteiger partial charge in [-0.05, 0) is 25.8 Å². The van der Waals surface area contributed by atoms with Crippen LogP contribution in [0.4, 0.5) is 0 Å². The van der Waals surface area contributed by atoms with Crippen LogP contribution in [-0.4, -0.2) is 28.0 Å². The number of nitrogens with zero attached hydrogens (tertiary/aromatic N) is 2. The van der Waals surface area contributed by atoms with E-state index in [2.05, 4.69) is 17.4 Å². The molecule has 1 aliphatic carbocycles. The molecule has 0 bridgehead atoms. The largest absolute Gasteiger partial charge is 0.374 e. The number of ether oxygens (including phenoxy) is 1. The molecule has 1 heterocycles. The molecule has 1 saturated carbocycles. The first-order valence-corrected chi connectivity index (χ1v) is 6.79. The minimum atomic E-state index is -0.110. The van der Waals surface area contributed by atoms with Gasteiger partial charge in [-0.25, -0.2) is 0 Å². The first kappa shape index (κ1) is 13.5. The zero-order valence-electron chi connectivity index (χ0n) is 11.4. The van der Waals surface area contributed by atoms with E-state index in [4.69, 9.17) is 10.6 Å². The maximum atomic E-state index is 6.05. The number of hydrogen-bond donors (Lipinski definition) is 2. The molecule has 5 nitrogen and oxygen atoms in total. The van der Waals surface area contributed by atoms with Crippen molar-refractivity contribution in [2.75, 3.05) is 6.61 Å². The number of rotatable bonds is 6. The van der Waals surface area contributed by atoms with Gasteiger partial charge >= 0.3 is 0 Å². The number of nitrogens with two attached hydrogens (primary N) is 1. The fraction of sp³-hybridized carbons (Fsp3) is 0.769. The minimum Gasteiger partial charge on any atom is -0.374 e. The van der Waals surface area contributed by atoms with Gasteiger partial charge < -0.3 is 4.74 Å². The average molecular weight is 252 g/mol. The van der Waals surface area contributed by atoms with Gasteiger partial charge in [0.15, 0.2) is 0 Å². The second-order valence-electron chi connectivity index (χ2n) is 5.11. The Morgan fingerprint density at radius 2 is 2.28 bits per heavy atom. The van der Waals surface area contributed by atoms with E-state index >= 15 is 0 Å². The summed E-state index contributed by atoms with van der Waals surface area (Å²) in [5.74, 6) is 5.76. The lowest BCUT2D eigenvalue weighted by Crippen LogP contribution is -2.54. The Kier molecular flexibility index (Phi) is 4.37. The summed E-state index contributed by atoms with van der Waals surface area (Å²) in [5, 5.41) is 4.43. The Hall–Kier alpha value is -0.910. The van der Waals surface area contributed by atoms with E-state index in [0.29, 0.717) is 0 Å². The molecule has 102 valence electrons. The van der Waals surface area contributed by atoms with Crippen molar-refractivity contribution >= 4 is 0 Å².